The lowest BCUT2D eigenvalue weighted by Gasteiger charge is -2.17. The number of fused-ring (bicyclic) bond motifs is 1. The first-order chi connectivity index (χ1) is 8.56. The fraction of sp³-hybridized carbons (Fsp3) is 0.692. The number of amides is 1. The summed E-state index contributed by atoms with van der Waals surface area (Å²) in [5, 5.41) is 4.26. The SMILES string of the molecule is Cc1cc(C(=O)N2CC3CCC(N)C3C2)nn1C. The number of hydrogen-bond donors (Lipinski definition) is 1. The van der Waals surface area contributed by atoms with E-state index < -0.39 is 0 Å². The molecular formula is C13H20N4O. The zero-order valence-corrected chi connectivity index (χ0v) is 11.0. The van der Waals surface area contributed by atoms with E-state index in [9.17, 15) is 4.79 Å². The van der Waals surface area contributed by atoms with Crippen molar-refractivity contribution >= 4 is 5.91 Å². The van der Waals surface area contributed by atoms with Gasteiger partial charge in [-0.3, -0.25) is 9.48 Å². The molecule has 1 aliphatic heterocycles. The monoisotopic (exact) mass is 248 g/mol. The second-order valence-corrected chi connectivity index (χ2v) is 5.67. The number of likely N-dealkylation sites (tertiary alicyclic amines) is 1. The van der Waals surface area contributed by atoms with Gasteiger partial charge in [0.2, 0.25) is 0 Å². The molecule has 1 aromatic rings. The quantitative estimate of drug-likeness (QED) is 0.789. The summed E-state index contributed by atoms with van der Waals surface area (Å²) < 4.78 is 1.75. The normalized spacial score (nSPS) is 30.8. The van der Waals surface area contributed by atoms with Crippen LogP contribution in [0.3, 0.4) is 0 Å². The molecule has 18 heavy (non-hydrogen) atoms. The summed E-state index contributed by atoms with van der Waals surface area (Å²) in [5.74, 6) is 1.16. The lowest BCUT2D eigenvalue weighted by molar-refractivity contribution is 0.0773. The first-order valence-corrected chi connectivity index (χ1v) is 6.61. The zero-order chi connectivity index (χ0) is 12.9. The number of hydrogen-bond acceptors (Lipinski definition) is 3. The number of nitrogens with two attached hydrogens (primary N) is 1. The van der Waals surface area contributed by atoms with Crippen molar-refractivity contribution < 1.29 is 4.79 Å². The van der Waals surface area contributed by atoms with Crippen LogP contribution in [-0.4, -0.2) is 39.7 Å². The van der Waals surface area contributed by atoms with Gasteiger partial charge in [-0.25, -0.2) is 0 Å². The van der Waals surface area contributed by atoms with Crippen LogP contribution in [0.4, 0.5) is 0 Å². The largest absolute Gasteiger partial charge is 0.337 e. The third-order valence-corrected chi connectivity index (χ3v) is 4.53. The van der Waals surface area contributed by atoms with Gasteiger partial charge in [0.15, 0.2) is 5.69 Å². The van der Waals surface area contributed by atoms with Gasteiger partial charge in [-0.1, -0.05) is 0 Å². The maximum Gasteiger partial charge on any atom is 0.274 e. The van der Waals surface area contributed by atoms with Gasteiger partial charge in [0.05, 0.1) is 0 Å². The Balaban J connectivity index is 1.75. The molecule has 1 amide bonds. The number of carbonyl (C=O) groups excluding carboxylic acids is 1. The second kappa shape index (κ2) is 4.09. The third-order valence-electron chi connectivity index (χ3n) is 4.53. The fourth-order valence-electron chi connectivity index (χ4n) is 3.30. The number of aromatic nitrogens is 2. The molecule has 5 nitrogen and oxygen atoms in total. The maximum absolute atomic E-state index is 12.4. The van der Waals surface area contributed by atoms with E-state index in [0.717, 1.165) is 31.6 Å². The van der Waals surface area contributed by atoms with Crippen LogP contribution < -0.4 is 5.73 Å². The molecule has 2 aliphatic rings. The summed E-state index contributed by atoms with van der Waals surface area (Å²) in [5.41, 5.74) is 7.66. The molecule has 3 atom stereocenters. The predicted molar refractivity (Wildman–Crippen MR) is 68.0 cm³/mol. The van der Waals surface area contributed by atoms with Crippen molar-refractivity contribution in [1.82, 2.24) is 14.7 Å². The maximum atomic E-state index is 12.4. The molecule has 0 bridgehead atoms. The Morgan fingerprint density at radius 3 is 2.83 bits per heavy atom. The first-order valence-electron chi connectivity index (χ1n) is 6.61. The van der Waals surface area contributed by atoms with Crippen molar-refractivity contribution in [3.05, 3.63) is 17.5 Å². The van der Waals surface area contributed by atoms with Crippen LogP contribution in [0.1, 0.15) is 29.0 Å². The smallest absolute Gasteiger partial charge is 0.274 e. The van der Waals surface area contributed by atoms with Crippen LogP contribution in [0.2, 0.25) is 0 Å². The zero-order valence-electron chi connectivity index (χ0n) is 11.0. The van der Waals surface area contributed by atoms with E-state index in [0.29, 0.717) is 17.5 Å². The van der Waals surface area contributed by atoms with E-state index in [-0.39, 0.29) is 11.9 Å². The summed E-state index contributed by atoms with van der Waals surface area (Å²) >= 11 is 0. The molecule has 0 aromatic carbocycles. The second-order valence-electron chi connectivity index (χ2n) is 5.67. The van der Waals surface area contributed by atoms with Gasteiger partial charge in [0.1, 0.15) is 0 Å². The Labute approximate surface area is 107 Å². The molecule has 2 heterocycles. The van der Waals surface area contributed by atoms with E-state index in [1.54, 1.807) is 4.68 Å². The Hall–Kier alpha value is -1.36. The summed E-state index contributed by atoms with van der Waals surface area (Å²) in [4.78, 5) is 14.3. The van der Waals surface area contributed by atoms with Crippen molar-refractivity contribution in [1.29, 1.82) is 0 Å². The summed E-state index contributed by atoms with van der Waals surface area (Å²) in [6.45, 7) is 3.62. The van der Waals surface area contributed by atoms with Crippen molar-refractivity contribution in [2.45, 2.75) is 25.8 Å². The number of aryl methyl sites for hydroxylation is 2. The highest BCUT2D eigenvalue weighted by Gasteiger charge is 2.42. The van der Waals surface area contributed by atoms with Crippen LogP contribution in [0.25, 0.3) is 0 Å². The molecule has 1 aliphatic carbocycles. The van der Waals surface area contributed by atoms with E-state index in [1.807, 2.05) is 24.9 Å². The third kappa shape index (κ3) is 1.73. The van der Waals surface area contributed by atoms with Gasteiger partial charge in [0.25, 0.3) is 5.91 Å². The van der Waals surface area contributed by atoms with Crippen molar-refractivity contribution in [3.63, 3.8) is 0 Å². The van der Waals surface area contributed by atoms with Crippen LogP contribution in [0, 0.1) is 18.8 Å². The molecule has 5 heteroatoms. The molecule has 1 saturated heterocycles. The molecular weight excluding hydrogens is 228 g/mol. The highest BCUT2D eigenvalue weighted by molar-refractivity contribution is 5.92. The first kappa shape index (κ1) is 11.7. The molecule has 0 radical (unpaired) electrons. The molecule has 1 saturated carbocycles. The van der Waals surface area contributed by atoms with Gasteiger partial charge in [0, 0.05) is 31.9 Å². The van der Waals surface area contributed by atoms with Gasteiger partial charge in [-0.05, 0) is 37.7 Å². The lowest BCUT2D eigenvalue weighted by Crippen LogP contribution is -2.33. The van der Waals surface area contributed by atoms with Crippen LogP contribution in [-0.2, 0) is 7.05 Å². The minimum absolute atomic E-state index is 0.0558. The molecule has 2 fully saturated rings. The topological polar surface area (TPSA) is 64.2 Å². The molecule has 0 spiro atoms. The minimum Gasteiger partial charge on any atom is -0.337 e. The fourth-order valence-corrected chi connectivity index (χ4v) is 3.30. The minimum atomic E-state index is 0.0558. The van der Waals surface area contributed by atoms with Gasteiger partial charge in [-0.2, -0.15) is 5.10 Å². The molecule has 3 unspecified atom stereocenters. The van der Waals surface area contributed by atoms with Crippen LogP contribution >= 0.6 is 0 Å². The van der Waals surface area contributed by atoms with E-state index >= 15 is 0 Å². The highest BCUT2D eigenvalue weighted by atomic mass is 16.2. The van der Waals surface area contributed by atoms with E-state index in [1.165, 1.54) is 0 Å². The lowest BCUT2D eigenvalue weighted by atomic mass is 9.98. The molecule has 1 aromatic heterocycles. The van der Waals surface area contributed by atoms with Gasteiger partial charge < -0.3 is 10.6 Å². The standard InChI is InChI=1S/C13H20N4O/c1-8-5-12(15-16(8)2)13(18)17-6-9-3-4-11(14)10(9)7-17/h5,9-11H,3-4,6-7,14H2,1-2H3. The predicted octanol–water partition coefficient (Wildman–Crippen LogP) is 0.538. The van der Waals surface area contributed by atoms with Gasteiger partial charge in [-0.15, -0.1) is 0 Å². The molecule has 3 rings (SSSR count). The van der Waals surface area contributed by atoms with Gasteiger partial charge >= 0.3 is 0 Å². The number of carbonyl (C=O) groups is 1. The Morgan fingerprint density at radius 2 is 2.22 bits per heavy atom. The average Bonchev–Trinajstić information content (AvgIpc) is 2.98. The Kier molecular flexibility index (Phi) is 2.66. The van der Waals surface area contributed by atoms with E-state index in [2.05, 4.69) is 5.10 Å². The highest BCUT2D eigenvalue weighted by Crippen LogP contribution is 2.37. The summed E-state index contributed by atoms with van der Waals surface area (Å²) in [7, 11) is 1.86. The van der Waals surface area contributed by atoms with Crippen molar-refractivity contribution in [3.8, 4) is 0 Å². The Bertz CT molecular complexity index is 462. The van der Waals surface area contributed by atoms with Crippen LogP contribution in [0.15, 0.2) is 6.07 Å². The van der Waals surface area contributed by atoms with E-state index in [4.69, 9.17) is 5.73 Å². The van der Waals surface area contributed by atoms with Crippen molar-refractivity contribution in [2.75, 3.05) is 13.1 Å². The molecule has 2 N–H and O–H groups in total. The van der Waals surface area contributed by atoms with Crippen LogP contribution in [0.5, 0.6) is 0 Å². The summed E-state index contributed by atoms with van der Waals surface area (Å²) in [6, 6.07) is 2.13. The molecule has 98 valence electrons. The number of nitrogens with zero attached hydrogens (tertiary/aromatic N) is 3. The summed E-state index contributed by atoms with van der Waals surface area (Å²) in [6.07, 6.45) is 2.27. The van der Waals surface area contributed by atoms with Crippen molar-refractivity contribution in [2.24, 2.45) is 24.6 Å². The number of rotatable bonds is 1. The Morgan fingerprint density at radius 1 is 1.44 bits per heavy atom. The average molecular weight is 248 g/mol.